The van der Waals surface area contributed by atoms with Crippen LogP contribution in [0.3, 0.4) is 0 Å². The molecule has 1 N–H and O–H groups in total. The van der Waals surface area contributed by atoms with Crippen LogP contribution in [0.5, 0.6) is 11.5 Å². The largest absolute Gasteiger partial charge is 0.490 e. The van der Waals surface area contributed by atoms with Gasteiger partial charge >= 0.3 is 0 Å². The van der Waals surface area contributed by atoms with Gasteiger partial charge in [0.15, 0.2) is 17.1 Å². The van der Waals surface area contributed by atoms with E-state index in [2.05, 4.69) is 22.4 Å². The average Bonchev–Trinajstić information content (AvgIpc) is 3.14. The molecule has 7 nitrogen and oxygen atoms in total. The van der Waals surface area contributed by atoms with E-state index in [-0.39, 0.29) is 5.91 Å². The van der Waals surface area contributed by atoms with Crippen molar-refractivity contribution in [3.63, 3.8) is 0 Å². The highest BCUT2D eigenvalue weighted by Gasteiger charge is 2.21. The maximum Gasteiger partial charge on any atom is 0.259 e. The molecule has 0 aliphatic rings. The van der Waals surface area contributed by atoms with E-state index in [1.165, 1.54) is 5.56 Å². The summed E-state index contributed by atoms with van der Waals surface area (Å²) in [7, 11) is 0. The number of carbonyl (C=O) groups excluding carboxylic acids is 1. The molecule has 0 atom stereocenters. The van der Waals surface area contributed by atoms with Crippen LogP contribution in [0.15, 0.2) is 36.5 Å². The Hall–Kier alpha value is -3.87. The lowest BCUT2D eigenvalue weighted by molar-refractivity contribution is 0.102. The molecule has 7 heteroatoms. The van der Waals surface area contributed by atoms with Gasteiger partial charge in [-0.05, 0) is 77.3 Å². The topological polar surface area (TPSA) is 77.8 Å². The third kappa shape index (κ3) is 4.58. The van der Waals surface area contributed by atoms with Gasteiger partial charge in [-0.1, -0.05) is 23.8 Å². The average molecular weight is 473 g/mol. The third-order valence-electron chi connectivity index (χ3n) is 6.05. The predicted octanol–water partition coefficient (Wildman–Crippen LogP) is 5.99. The zero-order valence-corrected chi connectivity index (χ0v) is 21.4. The van der Waals surface area contributed by atoms with Crippen molar-refractivity contribution >= 4 is 17.2 Å². The number of amides is 1. The van der Waals surface area contributed by atoms with Gasteiger partial charge in [0.1, 0.15) is 0 Å². The predicted molar refractivity (Wildman–Crippen MR) is 139 cm³/mol. The fourth-order valence-corrected chi connectivity index (χ4v) is 4.53. The number of aryl methyl sites for hydroxylation is 5. The van der Waals surface area contributed by atoms with Crippen LogP contribution < -0.4 is 14.8 Å². The Labute approximate surface area is 206 Å². The van der Waals surface area contributed by atoms with Gasteiger partial charge < -0.3 is 14.8 Å². The molecule has 35 heavy (non-hydrogen) atoms. The standard InChI is InChI=1S/C28H32N4O3/c1-8-34-23-11-10-21(14-24(23)35-9-2)25-19(6)31-32-20(7)22(15-29-27(25)32)28(33)30-26-17(4)12-16(3)13-18(26)5/h10-15H,8-9H2,1-7H3,(H,30,33). The minimum Gasteiger partial charge on any atom is -0.490 e. The highest BCUT2D eigenvalue weighted by atomic mass is 16.5. The zero-order chi connectivity index (χ0) is 25.3. The minimum absolute atomic E-state index is 0.207. The number of nitrogens with zero attached hydrogens (tertiary/aromatic N) is 3. The zero-order valence-electron chi connectivity index (χ0n) is 21.4. The van der Waals surface area contributed by atoms with Gasteiger partial charge in [0.25, 0.3) is 5.91 Å². The number of benzene rings is 2. The van der Waals surface area contributed by atoms with Crippen LogP contribution in [0.25, 0.3) is 16.8 Å². The number of carbonyl (C=O) groups is 1. The molecule has 182 valence electrons. The summed E-state index contributed by atoms with van der Waals surface area (Å²) in [5, 5.41) is 7.79. The molecule has 2 aromatic heterocycles. The highest BCUT2D eigenvalue weighted by Crippen LogP contribution is 2.36. The number of aromatic nitrogens is 3. The molecule has 2 aromatic carbocycles. The van der Waals surface area contributed by atoms with Gasteiger partial charge in [0.05, 0.1) is 30.2 Å². The monoisotopic (exact) mass is 472 g/mol. The summed E-state index contributed by atoms with van der Waals surface area (Å²) in [6.07, 6.45) is 1.63. The number of nitrogens with one attached hydrogen (secondary N) is 1. The molecular formula is C28H32N4O3. The van der Waals surface area contributed by atoms with E-state index in [0.717, 1.165) is 39.3 Å². The van der Waals surface area contributed by atoms with Crippen molar-refractivity contribution in [3.8, 4) is 22.6 Å². The number of anilines is 1. The van der Waals surface area contributed by atoms with Crippen molar-refractivity contribution < 1.29 is 14.3 Å². The Balaban J connectivity index is 1.75. The molecule has 0 spiro atoms. The molecule has 4 rings (SSSR count). The van der Waals surface area contributed by atoms with Crippen LogP contribution >= 0.6 is 0 Å². The Kier molecular flexibility index (Phi) is 6.78. The molecule has 0 fully saturated rings. The molecule has 0 saturated heterocycles. The van der Waals surface area contributed by atoms with E-state index in [1.54, 1.807) is 10.7 Å². The number of fused-ring (bicyclic) bond motifs is 1. The molecule has 0 radical (unpaired) electrons. The summed E-state index contributed by atoms with van der Waals surface area (Å²) in [6.45, 7) is 14.9. The maximum atomic E-state index is 13.2. The van der Waals surface area contributed by atoms with Crippen molar-refractivity contribution in [1.29, 1.82) is 0 Å². The first-order valence-electron chi connectivity index (χ1n) is 11.9. The lowest BCUT2D eigenvalue weighted by atomic mass is 10.0. The van der Waals surface area contributed by atoms with Crippen LogP contribution in [0.1, 0.15) is 52.3 Å². The molecule has 0 unspecified atom stereocenters. The first-order chi connectivity index (χ1) is 16.7. The van der Waals surface area contributed by atoms with E-state index >= 15 is 0 Å². The molecule has 2 heterocycles. The summed E-state index contributed by atoms with van der Waals surface area (Å²) in [5.41, 5.74) is 8.58. The summed E-state index contributed by atoms with van der Waals surface area (Å²) < 4.78 is 13.3. The van der Waals surface area contributed by atoms with Crippen molar-refractivity contribution in [2.45, 2.75) is 48.5 Å². The first-order valence-corrected chi connectivity index (χ1v) is 11.9. The number of rotatable bonds is 7. The summed E-state index contributed by atoms with van der Waals surface area (Å²) >= 11 is 0. The van der Waals surface area contributed by atoms with E-state index in [9.17, 15) is 4.79 Å². The SMILES string of the molecule is CCOc1ccc(-c2c(C)nn3c(C)c(C(=O)Nc4c(C)cc(C)cc4C)cnc23)cc1OCC. The second-order valence-corrected chi connectivity index (χ2v) is 8.71. The van der Waals surface area contributed by atoms with Crippen LogP contribution in [-0.4, -0.2) is 33.7 Å². The van der Waals surface area contributed by atoms with Crippen LogP contribution in [0.2, 0.25) is 0 Å². The van der Waals surface area contributed by atoms with E-state index in [4.69, 9.17) is 14.6 Å². The van der Waals surface area contributed by atoms with Gasteiger partial charge in [-0.3, -0.25) is 4.79 Å². The molecule has 4 aromatic rings. The number of ether oxygens (including phenoxy) is 2. The highest BCUT2D eigenvalue weighted by molar-refractivity contribution is 6.06. The Morgan fingerprint density at radius 1 is 0.943 bits per heavy atom. The quantitative estimate of drug-likeness (QED) is 0.358. The number of hydrogen-bond donors (Lipinski definition) is 1. The van der Waals surface area contributed by atoms with Crippen molar-refractivity contribution in [1.82, 2.24) is 14.6 Å². The first kappa shape index (κ1) is 24.3. The minimum atomic E-state index is -0.207. The molecule has 0 aliphatic carbocycles. The van der Waals surface area contributed by atoms with Gasteiger partial charge in [0, 0.05) is 17.4 Å². The van der Waals surface area contributed by atoms with Crippen LogP contribution in [0.4, 0.5) is 5.69 Å². The van der Waals surface area contributed by atoms with Gasteiger partial charge in [-0.15, -0.1) is 0 Å². The molecule has 1 amide bonds. The lowest BCUT2D eigenvalue weighted by Gasteiger charge is -2.14. The van der Waals surface area contributed by atoms with Gasteiger partial charge in [0.2, 0.25) is 0 Å². The molecular weight excluding hydrogens is 440 g/mol. The second kappa shape index (κ2) is 9.78. The lowest BCUT2D eigenvalue weighted by Crippen LogP contribution is -2.17. The van der Waals surface area contributed by atoms with E-state index < -0.39 is 0 Å². The smallest absolute Gasteiger partial charge is 0.259 e. The summed E-state index contributed by atoms with van der Waals surface area (Å²) in [6, 6.07) is 9.98. The van der Waals surface area contributed by atoms with E-state index in [1.807, 2.05) is 66.7 Å². The third-order valence-corrected chi connectivity index (χ3v) is 6.05. The van der Waals surface area contributed by atoms with Gasteiger partial charge in [-0.25, -0.2) is 9.50 Å². The number of hydrogen-bond acceptors (Lipinski definition) is 5. The fourth-order valence-electron chi connectivity index (χ4n) is 4.53. The Morgan fingerprint density at radius 2 is 1.60 bits per heavy atom. The summed E-state index contributed by atoms with van der Waals surface area (Å²) in [4.78, 5) is 17.9. The van der Waals surface area contributed by atoms with Crippen LogP contribution in [0, 0.1) is 34.6 Å². The van der Waals surface area contributed by atoms with Gasteiger partial charge in [-0.2, -0.15) is 5.10 Å². The van der Waals surface area contributed by atoms with Crippen molar-refractivity contribution in [2.24, 2.45) is 0 Å². The Bertz CT molecular complexity index is 1400. The maximum absolute atomic E-state index is 13.2. The fraction of sp³-hybridized carbons (Fsp3) is 0.321. The molecule has 0 aliphatic heterocycles. The molecule has 0 saturated carbocycles. The Morgan fingerprint density at radius 3 is 2.26 bits per heavy atom. The second-order valence-electron chi connectivity index (χ2n) is 8.71. The van der Waals surface area contributed by atoms with Crippen molar-refractivity contribution in [3.05, 3.63) is 70.2 Å². The normalized spacial score (nSPS) is 11.1. The van der Waals surface area contributed by atoms with E-state index in [0.29, 0.717) is 35.9 Å². The molecule has 0 bridgehead atoms. The van der Waals surface area contributed by atoms with Crippen LogP contribution in [-0.2, 0) is 0 Å². The van der Waals surface area contributed by atoms with Crippen molar-refractivity contribution in [2.75, 3.05) is 18.5 Å². The summed E-state index contributed by atoms with van der Waals surface area (Å²) in [5.74, 6) is 1.18.